The van der Waals surface area contributed by atoms with Crippen LogP contribution < -0.4 is 15.4 Å². The molecule has 1 aromatic rings. The van der Waals surface area contributed by atoms with Crippen LogP contribution in [0.4, 0.5) is 5.82 Å². The van der Waals surface area contributed by atoms with Gasteiger partial charge in [0.15, 0.2) is 0 Å². The Labute approximate surface area is 192 Å². The van der Waals surface area contributed by atoms with Crippen molar-refractivity contribution in [3.8, 4) is 5.75 Å². The van der Waals surface area contributed by atoms with Crippen molar-refractivity contribution in [1.82, 2.24) is 10.3 Å². The van der Waals surface area contributed by atoms with E-state index in [2.05, 4.69) is 28.3 Å². The third-order valence-corrected chi connectivity index (χ3v) is 4.75. The van der Waals surface area contributed by atoms with Gasteiger partial charge in [-0.3, -0.25) is 14.9 Å². The molecule has 0 aliphatic carbocycles. The van der Waals surface area contributed by atoms with Crippen molar-refractivity contribution < 1.29 is 19.1 Å². The highest BCUT2D eigenvalue weighted by Crippen LogP contribution is 2.32. The number of allylic oxidation sites excluding steroid dienone is 2. The molecule has 0 unspecified atom stereocenters. The molecule has 0 saturated carbocycles. The van der Waals surface area contributed by atoms with Crippen LogP contribution in [0.1, 0.15) is 58.9 Å². The highest BCUT2D eigenvalue weighted by atomic mass is 16.5. The lowest BCUT2D eigenvalue weighted by Crippen LogP contribution is -2.22. The Morgan fingerprint density at radius 3 is 2.62 bits per heavy atom. The van der Waals surface area contributed by atoms with Crippen molar-refractivity contribution in [2.45, 2.75) is 53.4 Å². The van der Waals surface area contributed by atoms with Crippen LogP contribution in [-0.4, -0.2) is 43.7 Å². The number of ether oxygens (including phenoxy) is 2. The maximum absolute atomic E-state index is 11.7. The quantitative estimate of drug-likeness (QED) is 0.340. The van der Waals surface area contributed by atoms with E-state index in [9.17, 15) is 9.59 Å². The summed E-state index contributed by atoms with van der Waals surface area (Å²) in [5, 5.41) is 5.38. The van der Waals surface area contributed by atoms with Crippen LogP contribution in [0.2, 0.25) is 0 Å². The van der Waals surface area contributed by atoms with Crippen molar-refractivity contribution in [2.24, 2.45) is 0 Å². The predicted octanol–water partition coefficient (Wildman–Crippen LogP) is 4.67. The van der Waals surface area contributed by atoms with E-state index >= 15 is 0 Å². The molecular weight excluding hydrogens is 406 g/mol. The van der Waals surface area contributed by atoms with Gasteiger partial charge in [0.05, 0.1) is 12.2 Å². The first-order chi connectivity index (χ1) is 15.5. The Bertz CT molecular complexity index is 844. The first-order valence-corrected chi connectivity index (χ1v) is 11.3. The topological polar surface area (TPSA) is 89.6 Å². The van der Waals surface area contributed by atoms with Gasteiger partial charge in [-0.2, -0.15) is 0 Å². The minimum Gasteiger partial charge on any atom is -0.490 e. The van der Waals surface area contributed by atoms with E-state index in [0.717, 1.165) is 42.0 Å². The average Bonchev–Trinajstić information content (AvgIpc) is 3.15. The lowest BCUT2D eigenvalue weighted by molar-refractivity contribution is -0.123. The van der Waals surface area contributed by atoms with Crippen LogP contribution in [0.15, 0.2) is 42.1 Å². The summed E-state index contributed by atoms with van der Waals surface area (Å²) < 4.78 is 11.3. The lowest BCUT2D eigenvalue weighted by atomic mass is 10.0. The zero-order valence-corrected chi connectivity index (χ0v) is 20.0. The minimum absolute atomic E-state index is 0.353. The molecule has 2 amide bonds. The van der Waals surface area contributed by atoms with Gasteiger partial charge < -0.3 is 14.8 Å². The molecule has 2 rings (SSSR count). The van der Waals surface area contributed by atoms with E-state index in [4.69, 9.17) is 9.47 Å². The number of unbranched alkanes of at least 4 members (excludes halogenated alkanes) is 2. The fourth-order valence-corrected chi connectivity index (χ4v) is 3.20. The van der Waals surface area contributed by atoms with Gasteiger partial charge in [-0.05, 0) is 56.7 Å². The number of anilines is 1. The van der Waals surface area contributed by atoms with E-state index in [1.165, 1.54) is 6.08 Å². The molecule has 2 heterocycles. The number of hydrogen-bond acceptors (Lipinski definition) is 6. The van der Waals surface area contributed by atoms with Gasteiger partial charge in [0.2, 0.25) is 0 Å². The second-order valence-corrected chi connectivity index (χ2v) is 6.94. The maximum atomic E-state index is 11.7. The molecule has 1 aromatic heterocycles. The SMILES string of the molecule is C=C(CCCC/C=C(\C)c1c(OCCOCC)ccnc1NC)C1=CC(=O)NC1=O.CC. The summed E-state index contributed by atoms with van der Waals surface area (Å²) in [6.45, 7) is 13.6. The van der Waals surface area contributed by atoms with Gasteiger partial charge in [0.1, 0.15) is 18.2 Å². The highest BCUT2D eigenvalue weighted by Gasteiger charge is 2.22. The number of nitrogens with zero attached hydrogens (tertiary/aromatic N) is 1. The normalized spacial score (nSPS) is 13.2. The van der Waals surface area contributed by atoms with Crippen molar-refractivity contribution in [1.29, 1.82) is 0 Å². The summed E-state index contributed by atoms with van der Waals surface area (Å²) in [4.78, 5) is 27.3. The molecule has 0 atom stereocenters. The standard InChI is InChI=1S/C23H31N3O4.C2H6/c1-5-29-13-14-30-19-11-12-25-22(24-4)21(19)17(3)10-8-6-7-9-16(2)18-15-20(27)26-23(18)28;1-2/h10-12,15H,2,5-9,13-14H2,1,3-4H3,(H,24,25)(H,26,27,28);1-2H3/b17-10+;. The monoisotopic (exact) mass is 443 g/mol. The van der Waals surface area contributed by atoms with Crippen LogP contribution in [0.25, 0.3) is 5.57 Å². The van der Waals surface area contributed by atoms with Gasteiger partial charge >= 0.3 is 0 Å². The van der Waals surface area contributed by atoms with E-state index < -0.39 is 0 Å². The molecule has 1 aliphatic rings. The zero-order chi connectivity index (χ0) is 23.9. The van der Waals surface area contributed by atoms with Crippen LogP contribution in [0, 0.1) is 0 Å². The Kier molecular flexibility index (Phi) is 12.7. The number of rotatable bonds is 13. The maximum Gasteiger partial charge on any atom is 0.258 e. The number of aromatic nitrogens is 1. The molecule has 32 heavy (non-hydrogen) atoms. The summed E-state index contributed by atoms with van der Waals surface area (Å²) in [5.74, 6) is 0.828. The number of nitrogens with one attached hydrogen (secondary N) is 2. The second kappa shape index (κ2) is 15.0. The summed E-state index contributed by atoms with van der Waals surface area (Å²) >= 11 is 0. The van der Waals surface area contributed by atoms with E-state index in [0.29, 0.717) is 37.4 Å². The summed E-state index contributed by atoms with van der Waals surface area (Å²) in [7, 11) is 1.84. The number of amides is 2. The minimum atomic E-state index is -0.370. The fraction of sp³-hybridized carbons (Fsp3) is 0.480. The lowest BCUT2D eigenvalue weighted by Gasteiger charge is -2.15. The van der Waals surface area contributed by atoms with Crippen LogP contribution >= 0.6 is 0 Å². The Morgan fingerprint density at radius 2 is 2.00 bits per heavy atom. The molecule has 1 aliphatic heterocycles. The second-order valence-electron chi connectivity index (χ2n) is 6.94. The first-order valence-electron chi connectivity index (χ1n) is 11.3. The molecule has 2 N–H and O–H groups in total. The third-order valence-electron chi connectivity index (χ3n) is 4.75. The Morgan fingerprint density at radius 1 is 1.25 bits per heavy atom. The van der Waals surface area contributed by atoms with Gasteiger partial charge in [0, 0.05) is 31.5 Å². The van der Waals surface area contributed by atoms with Gasteiger partial charge in [-0.1, -0.05) is 26.5 Å². The fourth-order valence-electron chi connectivity index (χ4n) is 3.20. The summed E-state index contributed by atoms with van der Waals surface area (Å²) in [6, 6.07) is 1.87. The largest absolute Gasteiger partial charge is 0.490 e. The van der Waals surface area contributed by atoms with Gasteiger partial charge in [-0.25, -0.2) is 4.98 Å². The van der Waals surface area contributed by atoms with E-state index in [-0.39, 0.29) is 11.8 Å². The summed E-state index contributed by atoms with van der Waals surface area (Å²) in [5.41, 5.74) is 3.14. The molecule has 7 nitrogen and oxygen atoms in total. The van der Waals surface area contributed by atoms with E-state index in [1.54, 1.807) is 6.20 Å². The molecular formula is C25H37N3O4. The zero-order valence-electron chi connectivity index (χ0n) is 20.0. The first kappa shape index (κ1) is 27.1. The molecule has 0 spiro atoms. The summed E-state index contributed by atoms with van der Waals surface area (Å²) in [6.07, 6.45) is 8.59. The molecule has 0 saturated heterocycles. The third kappa shape index (κ3) is 8.30. The molecule has 0 bridgehead atoms. The smallest absolute Gasteiger partial charge is 0.258 e. The van der Waals surface area contributed by atoms with Crippen molar-refractivity contribution >= 4 is 23.2 Å². The van der Waals surface area contributed by atoms with Crippen molar-refractivity contribution in [2.75, 3.05) is 32.2 Å². The molecule has 0 aromatic carbocycles. The highest BCUT2D eigenvalue weighted by molar-refractivity contribution is 6.18. The van der Waals surface area contributed by atoms with E-state index in [1.807, 2.05) is 40.8 Å². The van der Waals surface area contributed by atoms with Crippen LogP contribution in [0.5, 0.6) is 5.75 Å². The van der Waals surface area contributed by atoms with Crippen molar-refractivity contribution in [3.63, 3.8) is 0 Å². The van der Waals surface area contributed by atoms with Crippen LogP contribution in [0.3, 0.4) is 0 Å². The Balaban J connectivity index is 0.00000249. The Hall–Kier alpha value is -2.93. The predicted molar refractivity (Wildman–Crippen MR) is 130 cm³/mol. The number of hydrogen-bond donors (Lipinski definition) is 2. The number of carbonyl (C=O) groups excluding carboxylic acids is 2. The van der Waals surface area contributed by atoms with Gasteiger partial charge in [0.25, 0.3) is 11.8 Å². The van der Waals surface area contributed by atoms with Gasteiger partial charge in [-0.15, -0.1) is 0 Å². The molecule has 0 radical (unpaired) electrons. The number of pyridine rings is 1. The molecule has 176 valence electrons. The van der Waals surface area contributed by atoms with Crippen molar-refractivity contribution in [3.05, 3.63) is 47.7 Å². The molecule has 7 heteroatoms. The number of carbonyl (C=O) groups is 2. The molecule has 0 fully saturated rings. The number of imide groups is 1. The average molecular weight is 444 g/mol. The van der Waals surface area contributed by atoms with Crippen LogP contribution in [-0.2, 0) is 14.3 Å².